The normalized spacial score (nSPS) is 26.4. The first-order chi connectivity index (χ1) is 12.9. The van der Waals surface area contributed by atoms with Crippen LogP contribution in [0.5, 0.6) is 0 Å². The zero-order chi connectivity index (χ0) is 19.4. The Morgan fingerprint density at radius 1 is 1.11 bits per heavy atom. The average Bonchev–Trinajstić information content (AvgIpc) is 2.68. The van der Waals surface area contributed by atoms with Crippen LogP contribution in [-0.2, 0) is 14.8 Å². The Morgan fingerprint density at radius 3 is 2.52 bits per heavy atom. The summed E-state index contributed by atoms with van der Waals surface area (Å²) in [6, 6.07) is 8.55. The molecule has 1 aromatic rings. The van der Waals surface area contributed by atoms with E-state index in [0.717, 1.165) is 32.4 Å². The summed E-state index contributed by atoms with van der Waals surface area (Å²) < 4.78 is 27.3. The number of nitrogens with zero attached hydrogens (tertiary/aromatic N) is 2. The van der Waals surface area contributed by atoms with Gasteiger partial charge in [-0.1, -0.05) is 32.0 Å². The molecule has 6 nitrogen and oxygen atoms in total. The maximum Gasteiger partial charge on any atom is 0.243 e. The minimum atomic E-state index is -3.50. The number of carbonyl (C=O) groups is 1. The molecule has 3 atom stereocenters. The van der Waals surface area contributed by atoms with Gasteiger partial charge in [-0.15, -0.1) is 0 Å². The molecule has 3 unspecified atom stereocenters. The summed E-state index contributed by atoms with van der Waals surface area (Å²) in [5, 5.41) is 2.02. The van der Waals surface area contributed by atoms with E-state index in [2.05, 4.69) is 12.3 Å². The molecule has 0 radical (unpaired) electrons. The van der Waals surface area contributed by atoms with Gasteiger partial charge in [0.15, 0.2) is 0 Å². The Bertz CT molecular complexity index is 738. The maximum atomic E-state index is 12.9. The summed E-state index contributed by atoms with van der Waals surface area (Å²) in [6.07, 6.45) is 3.97. The lowest BCUT2D eigenvalue weighted by Gasteiger charge is -2.36. The highest BCUT2D eigenvalue weighted by Gasteiger charge is 2.35. The van der Waals surface area contributed by atoms with Gasteiger partial charge in [0.2, 0.25) is 15.9 Å². The monoisotopic (exact) mass is 393 g/mol. The van der Waals surface area contributed by atoms with Crippen LogP contribution in [0.4, 0.5) is 0 Å². The van der Waals surface area contributed by atoms with Gasteiger partial charge < -0.3 is 0 Å². The van der Waals surface area contributed by atoms with E-state index < -0.39 is 10.0 Å². The molecule has 27 heavy (non-hydrogen) atoms. The lowest BCUT2D eigenvalue weighted by molar-refractivity contribution is -0.132. The number of piperidine rings is 2. The number of sulfonamides is 1. The van der Waals surface area contributed by atoms with Gasteiger partial charge in [0.25, 0.3) is 0 Å². The molecule has 0 aromatic heterocycles. The lowest BCUT2D eigenvalue weighted by atomic mass is 9.87. The molecule has 7 heteroatoms. The summed E-state index contributed by atoms with van der Waals surface area (Å²) in [4.78, 5) is 13.0. The fourth-order valence-electron chi connectivity index (χ4n) is 4.10. The van der Waals surface area contributed by atoms with E-state index in [9.17, 15) is 13.2 Å². The molecule has 2 fully saturated rings. The van der Waals surface area contributed by atoms with E-state index in [1.165, 1.54) is 6.42 Å². The van der Waals surface area contributed by atoms with Crippen molar-refractivity contribution in [2.24, 2.45) is 17.8 Å². The number of rotatable bonds is 5. The Hall–Kier alpha value is -1.44. The van der Waals surface area contributed by atoms with Crippen molar-refractivity contribution in [1.29, 1.82) is 0 Å². The van der Waals surface area contributed by atoms with Crippen LogP contribution in [-0.4, -0.2) is 49.8 Å². The number of hydrogen-bond acceptors (Lipinski definition) is 4. The smallest absolute Gasteiger partial charge is 0.243 e. The van der Waals surface area contributed by atoms with Crippen LogP contribution in [0.25, 0.3) is 0 Å². The van der Waals surface area contributed by atoms with E-state index in [-0.39, 0.29) is 17.7 Å². The van der Waals surface area contributed by atoms with Gasteiger partial charge in [-0.25, -0.2) is 13.4 Å². The first-order valence-corrected chi connectivity index (χ1v) is 11.4. The van der Waals surface area contributed by atoms with E-state index in [1.54, 1.807) is 28.6 Å². The highest BCUT2D eigenvalue weighted by molar-refractivity contribution is 7.89. The van der Waals surface area contributed by atoms with Gasteiger partial charge in [-0.2, -0.15) is 4.31 Å². The van der Waals surface area contributed by atoms with Crippen LogP contribution in [0.2, 0.25) is 0 Å². The topological polar surface area (TPSA) is 69.7 Å². The van der Waals surface area contributed by atoms with Gasteiger partial charge in [0.1, 0.15) is 0 Å². The molecular formula is C20H31N3O3S. The largest absolute Gasteiger partial charge is 0.289 e. The van der Waals surface area contributed by atoms with Crippen LogP contribution in [0.15, 0.2) is 35.2 Å². The number of nitrogens with one attached hydrogen (secondary N) is 1. The van der Waals surface area contributed by atoms with Crippen molar-refractivity contribution < 1.29 is 13.2 Å². The molecule has 2 heterocycles. The highest BCUT2D eigenvalue weighted by atomic mass is 32.2. The third kappa shape index (κ3) is 4.89. The molecule has 0 spiro atoms. The summed E-state index contributed by atoms with van der Waals surface area (Å²) in [5.41, 5.74) is 3.06. The molecule has 2 saturated heterocycles. The third-order valence-electron chi connectivity index (χ3n) is 5.85. The first kappa shape index (κ1) is 20.3. The van der Waals surface area contributed by atoms with Gasteiger partial charge in [0.05, 0.1) is 4.90 Å². The SMILES string of the molecule is CC1CCCN(NC(=O)C(C)C2CCCN(S(=O)(=O)c3ccccc3)C2)C1. The average molecular weight is 394 g/mol. The third-order valence-corrected chi connectivity index (χ3v) is 7.73. The summed E-state index contributed by atoms with van der Waals surface area (Å²) in [6.45, 7) is 6.83. The van der Waals surface area contributed by atoms with Crippen LogP contribution in [0, 0.1) is 17.8 Å². The minimum absolute atomic E-state index is 0.00746. The molecule has 2 aliphatic rings. The van der Waals surface area contributed by atoms with Crippen LogP contribution < -0.4 is 5.43 Å². The second kappa shape index (κ2) is 8.71. The molecule has 1 N–H and O–H groups in total. The molecule has 0 bridgehead atoms. The predicted octanol–water partition coefficient (Wildman–Crippen LogP) is 2.49. The van der Waals surface area contributed by atoms with Crippen molar-refractivity contribution in [1.82, 2.24) is 14.7 Å². The molecule has 2 aliphatic heterocycles. The zero-order valence-electron chi connectivity index (χ0n) is 16.3. The van der Waals surface area contributed by atoms with Crippen LogP contribution >= 0.6 is 0 Å². The number of carbonyl (C=O) groups excluding carboxylic acids is 1. The lowest BCUT2D eigenvalue weighted by Crippen LogP contribution is -2.51. The van der Waals surface area contributed by atoms with Gasteiger partial charge in [-0.3, -0.25) is 10.2 Å². The van der Waals surface area contributed by atoms with Crippen molar-refractivity contribution in [3.05, 3.63) is 30.3 Å². The first-order valence-electron chi connectivity index (χ1n) is 9.98. The fraction of sp³-hybridized carbons (Fsp3) is 0.650. The van der Waals surface area contributed by atoms with Gasteiger partial charge >= 0.3 is 0 Å². The van der Waals surface area contributed by atoms with Crippen molar-refractivity contribution in [3.63, 3.8) is 0 Å². The van der Waals surface area contributed by atoms with Crippen molar-refractivity contribution in [3.8, 4) is 0 Å². The number of benzene rings is 1. The molecule has 0 saturated carbocycles. The Kier molecular flexibility index (Phi) is 6.55. The predicted molar refractivity (Wildman–Crippen MR) is 105 cm³/mol. The van der Waals surface area contributed by atoms with Crippen LogP contribution in [0.1, 0.15) is 39.5 Å². The van der Waals surface area contributed by atoms with Crippen LogP contribution in [0.3, 0.4) is 0 Å². The fourth-order valence-corrected chi connectivity index (χ4v) is 5.66. The Labute approximate surface area is 162 Å². The van der Waals surface area contributed by atoms with E-state index in [0.29, 0.717) is 23.9 Å². The molecular weight excluding hydrogens is 362 g/mol. The quantitative estimate of drug-likeness (QED) is 0.834. The Morgan fingerprint density at radius 2 is 1.81 bits per heavy atom. The molecule has 1 aromatic carbocycles. The van der Waals surface area contributed by atoms with E-state index in [1.807, 2.05) is 18.0 Å². The second-order valence-electron chi connectivity index (χ2n) is 8.04. The number of hydrazine groups is 1. The van der Waals surface area contributed by atoms with Gasteiger partial charge in [0, 0.05) is 32.1 Å². The standard InChI is InChI=1S/C20H31N3O3S/c1-16-8-6-12-22(14-16)21-20(24)17(2)18-9-7-13-23(15-18)27(25,26)19-10-4-3-5-11-19/h3-5,10-11,16-18H,6-9,12-15H2,1-2H3,(H,21,24). The molecule has 3 rings (SSSR count). The van der Waals surface area contributed by atoms with E-state index in [4.69, 9.17) is 0 Å². The highest BCUT2D eigenvalue weighted by Crippen LogP contribution is 2.28. The molecule has 150 valence electrons. The Balaban J connectivity index is 1.62. The zero-order valence-corrected chi connectivity index (χ0v) is 17.1. The van der Waals surface area contributed by atoms with Crippen molar-refractivity contribution in [2.45, 2.75) is 44.4 Å². The molecule has 1 amide bonds. The van der Waals surface area contributed by atoms with Crippen molar-refractivity contribution >= 4 is 15.9 Å². The van der Waals surface area contributed by atoms with Crippen molar-refractivity contribution in [2.75, 3.05) is 26.2 Å². The van der Waals surface area contributed by atoms with Gasteiger partial charge in [-0.05, 0) is 49.7 Å². The number of hydrogen-bond donors (Lipinski definition) is 1. The van der Waals surface area contributed by atoms with E-state index >= 15 is 0 Å². The number of amides is 1. The summed E-state index contributed by atoms with van der Waals surface area (Å²) in [5.74, 6) is 0.430. The summed E-state index contributed by atoms with van der Waals surface area (Å²) in [7, 11) is -3.50. The minimum Gasteiger partial charge on any atom is -0.289 e. The maximum absolute atomic E-state index is 12.9. The summed E-state index contributed by atoms with van der Waals surface area (Å²) >= 11 is 0. The second-order valence-corrected chi connectivity index (χ2v) is 9.97. The molecule has 0 aliphatic carbocycles.